The molecule has 1 N–H and O–H groups in total. The Kier molecular flexibility index (Phi) is 5.44. The minimum Gasteiger partial charge on any atom is -0.379 e. The van der Waals surface area contributed by atoms with Crippen molar-refractivity contribution in [1.82, 2.24) is 0 Å². The van der Waals surface area contributed by atoms with E-state index in [4.69, 9.17) is 0 Å². The van der Waals surface area contributed by atoms with Gasteiger partial charge in [0.05, 0.1) is 4.92 Å². The zero-order valence-electron chi connectivity index (χ0n) is 9.92. The van der Waals surface area contributed by atoms with Crippen molar-refractivity contribution in [2.45, 2.75) is 6.92 Å². The highest BCUT2D eigenvalue weighted by Crippen LogP contribution is 2.24. The van der Waals surface area contributed by atoms with Gasteiger partial charge >= 0.3 is 0 Å². The maximum absolute atomic E-state index is 11.2. The van der Waals surface area contributed by atoms with E-state index in [2.05, 4.69) is 5.32 Å². The number of nitro benzene ring substituents is 1. The monoisotopic (exact) mass is 270 g/mol. The number of anilines is 1. The zero-order chi connectivity index (χ0) is 13.5. The molecule has 0 fully saturated rings. The Morgan fingerprint density at radius 1 is 1.50 bits per heavy atom. The van der Waals surface area contributed by atoms with Crippen LogP contribution in [0.4, 0.5) is 11.4 Å². The molecule has 0 radical (unpaired) electrons. The summed E-state index contributed by atoms with van der Waals surface area (Å²) in [6.07, 6.45) is 0.558. The summed E-state index contributed by atoms with van der Waals surface area (Å²) in [5.74, 6) is 0.997. The molecule has 0 aliphatic heterocycles. The molecule has 0 heterocycles. The Morgan fingerprint density at radius 2 is 2.22 bits per heavy atom. The molecule has 0 amide bonds. The highest BCUT2D eigenvalue weighted by molar-refractivity contribution is 7.84. The van der Waals surface area contributed by atoms with Crippen molar-refractivity contribution in [2.24, 2.45) is 0 Å². The van der Waals surface area contributed by atoms with E-state index in [0.717, 1.165) is 0 Å². The molecule has 1 unspecified atom stereocenters. The molecule has 0 saturated heterocycles. The fraction of sp³-hybridized carbons (Fsp3) is 0.364. The summed E-state index contributed by atoms with van der Waals surface area (Å²) in [5.41, 5.74) is 0.435. The van der Waals surface area contributed by atoms with Crippen LogP contribution in [0.15, 0.2) is 18.2 Å². The van der Waals surface area contributed by atoms with Gasteiger partial charge < -0.3 is 5.32 Å². The molecule has 7 heteroatoms. The van der Waals surface area contributed by atoms with Gasteiger partial charge in [-0.25, -0.2) is 0 Å². The van der Waals surface area contributed by atoms with Crippen molar-refractivity contribution in [3.63, 3.8) is 0 Å². The van der Waals surface area contributed by atoms with Crippen molar-refractivity contribution >= 4 is 28.5 Å². The second-order valence-corrected chi connectivity index (χ2v) is 5.38. The van der Waals surface area contributed by atoms with Gasteiger partial charge in [0.25, 0.3) is 5.69 Å². The second kappa shape index (κ2) is 6.85. The van der Waals surface area contributed by atoms with Gasteiger partial charge in [-0.1, -0.05) is 6.92 Å². The van der Waals surface area contributed by atoms with Gasteiger partial charge in [0, 0.05) is 40.5 Å². The summed E-state index contributed by atoms with van der Waals surface area (Å²) in [7, 11) is -0.912. The topological polar surface area (TPSA) is 89.3 Å². The number of nitro groups is 1. The lowest BCUT2D eigenvalue weighted by Crippen LogP contribution is -2.13. The average Bonchev–Trinajstić information content (AvgIpc) is 2.38. The van der Waals surface area contributed by atoms with Gasteiger partial charge in [-0.2, -0.15) is 0 Å². The van der Waals surface area contributed by atoms with Gasteiger partial charge in [-0.15, -0.1) is 0 Å². The first-order valence-corrected chi connectivity index (χ1v) is 6.89. The van der Waals surface area contributed by atoms with Crippen LogP contribution in [0.25, 0.3) is 0 Å². The van der Waals surface area contributed by atoms with Crippen LogP contribution in [0.2, 0.25) is 0 Å². The van der Waals surface area contributed by atoms with E-state index >= 15 is 0 Å². The maximum Gasteiger partial charge on any atom is 0.293 e. The molecule has 0 bridgehead atoms. The predicted molar refractivity (Wildman–Crippen MR) is 70.5 cm³/mol. The third-order valence-electron chi connectivity index (χ3n) is 2.32. The second-order valence-electron chi connectivity index (χ2n) is 3.51. The molecule has 0 spiro atoms. The van der Waals surface area contributed by atoms with E-state index in [-0.39, 0.29) is 11.3 Å². The van der Waals surface area contributed by atoms with Gasteiger partial charge in [0.1, 0.15) is 12.0 Å². The molecule has 98 valence electrons. The quantitative estimate of drug-likeness (QED) is 0.461. The third kappa shape index (κ3) is 3.92. The molecular weight excluding hydrogens is 256 g/mol. The van der Waals surface area contributed by atoms with Crippen LogP contribution >= 0.6 is 0 Å². The first-order chi connectivity index (χ1) is 8.58. The van der Waals surface area contributed by atoms with Crippen LogP contribution < -0.4 is 5.32 Å². The number of nitrogens with one attached hydrogen (secondary N) is 1. The largest absolute Gasteiger partial charge is 0.379 e. The Balaban J connectivity index is 2.78. The molecule has 6 nitrogen and oxygen atoms in total. The molecule has 18 heavy (non-hydrogen) atoms. The molecule has 0 aliphatic carbocycles. The first-order valence-electron chi connectivity index (χ1n) is 5.41. The maximum atomic E-state index is 11.2. The molecule has 1 rings (SSSR count). The van der Waals surface area contributed by atoms with Crippen LogP contribution in [0.5, 0.6) is 0 Å². The third-order valence-corrected chi connectivity index (χ3v) is 3.63. The highest BCUT2D eigenvalue weighted by Gasteiger charge is 2.14. The average molecular weight is 270 g/mol. The SMILES string of the molecule is CCS(=O)CCNc1ccc(C=O)cc1[N+](=O)[O-]. The van der Waals surface area contributed by atoms with Crippen molar-refractivity contribution in [3.8, 4) is 0 Å². The van der Waals surface area contributed by atoms with Gasteiger partial charge in [-0.3, -0.25) is 19.1 Å². The van der Waals surface area contributed by atoms with Crippen molar-refractivity contribution < 1.29 is 13.9 Å². The molecular formula is C11H14N2O4S. The number of nitrogens with zero attached hydrogens (tertiary/aromatic N) is 1. The number of carbonyl (C=O) groups excluding carboxylic acids is 1. The standard InChI is InChI=1S/C11H14N2O4S/c1-2-18(17)6-5-12-10-4-3-9(8-14)7-11(10)13(15)16/h3-4,7-8,12H,2,5-6H2,1H3. The molecule has 1 aromatic rings. The Labute approximate surface area is 107 Å². The molecule has 0 saturated carbocycles. The number of benzene rings is 1. The molecule has 1 aromatic carbocycles. The fourth-order valence-electron chi connectivity index (χ4n) is 1.37. The van der Waals surface area contributed by atoms with Crippen molar-refractivity contribution in [1.29, 1.82) is 0 Å². The lowest BCUT2D eigenvalue weighted by Gasteiger charge is -2.06. The van der Waals surface area contributed by atoms with Crippen LogP contribution in [0.3, 0.4) is 0 Å². The summed E-state index contributed by atoms with van der Waals surface area (Å²) in [4.78, 5) is 20.8. The fourth-order valence-corrected chi connectivity index (χ4v) is 1.98. The summed E-state index contributed by atoms with van der Waals surface area (Å²) in [6.45, 7) is 2.21. The molecule has 1 atom stereocenters. The predicted octanol–water partition coefficient (Wildman–Crippen LogP) is 1.59. The van der Waals surface area contributed by atoms with Crippen LogP contribution in [0.1, 0.15) is 17.3 Å². The van der Waals surface area contributed by atoms with Crippen LogP contribution in [-0.2, 0) is 10.8 Å². The lowest BCUT2D eigenvalue weighted by molar-refractivity contribution is -0.384. The summed E-state index contributed by atoms with van der Waals surface area (Å²) >= 11 is 0. The van der Waals surface area contributed by atoms with Crippen LogP contribution in [0, 0.1) is 10.1 Å². The van der Waals surface area contributed by atoms with Crippen molar-refractivity contribution in [2.75, 3.05) is 23.4 Å². The van der Waals surface area contributed by atoms with E-state index in [1.165, 1.54) is 18.2 Å². The van der Waals surface area contributed by atoms with Gasteiger partial charge in [-0.05, 0) is 12.1 Å². The number of hydrogen-bond donors (Lipinski definition) is 1. The van der Waals surface area contributed by atoms with Gasteiger partial charge in [0.2, 0.25) is 0 Å². The van der Waals surface area contributed by atoms with Crippen LogP contribution in [-0.4, -0.2) is 33.5 Å². The number of carbonyl (C=O) groups is 1. The van der Waals surface area contributed by atoms with E-state index < -0.39 is 15.7 Å². The van der Waals surface area contributed by atoms with E-state index in [1.807, 2.05) is 6.92 Å². The molecule has 0 aromatic heterocycles. The van der Waals surface area contributed by atoms with E-state index in [0.29, 0.717) is 30.0 Å². The lowest BCUT2D eigenvalue weighted by atomic mass is 10.2. The first kappa shape index (κ1) is 14.3. The Bertz CT molecular complexity index is 476. The van der Waals surface area contributed by atoms with Crippen molar-refractivity contribution in [3.05, 3.63) is 33.9 Å². The minimum atomic E-state index is -0.912. The summed E-state index contributed by atoms with van der Waals surface area (Å²) < 4.78 is 11.2. The van der Waals surface area contributed by atoms with E-state index in [1.54, 1.807) is 0 Å². The van der Waals surface area contributed by atoms with Gasteiger partial charge in [0.15, 0.2) is 0 Å². The zero-order valence-corrected chi connectivity index (χ0v) is 10.7. The number of hydrogen-bond acceptors (Lipinski definition) is 5. The minimum absolute atomic E-state index is 0.151. The summed E-state index contributed by atoms with van der Waals surface area (Å²) in [5, 5.41) is 13.7. The molecule has 0 aliphatic rings. The number of rotatable bonds is 7. The Hall–Kier alpha value is -1.76. The van der Waals surface area contributed by atoms with E-state index in [9.17, 15) is 19.1 Å². The smallest absolute Gasteiger partial charge is 0.293 e. The number of aldehydes is 1. The highest BCUT2D eigenvalue weighted by atomic mass is 32.2. The normalized spacial score (nSPS) is 11.8. The summed E-state index contributed by atoms with van der Waals surface area (Å²) in [6, 6.07) is 4.20. The Morgan fingerprint density at radius 3 is 2.78 bits per heavy atom.